The molecule has 2 aliphatic carbocycles. The minimum absolute atomic E-state index is 0.181. The van der Waals surface area contributed by atoms with Gasteiger partial charge in [0.25, 0.3) is 0 Å². The molecule has 3 unspecified atom stereocenters. The number of carbonyl (C=O) groups is 1. The SMILES string of the molecule is C=C1CCC2C(C)(CCCC2(C)C(=O)O)C1. The number of rotatable bonds is 1. The van der Waals surface area contributed by atoms with Gasteiger partial charge < -0.3 is 5.11 Å². The first kappa shape index (κ1) is 11.7. The Morgan fingerprint density at radius 3 is 2.75 bits per heavy atom. The molecule has 2 aliphatic rings. The maximum Gasteiger partial charge on any atom is 0.309 e. The normalized spacial score (nSPS) is 43.9. The molecule has 3 atom stereocenters. The first-order chi connectivity index (χ1) is 7.38. The van der Waals surface area contributed by atoms with Crippen LogP contribution in [-0.2, 0) is 4.79 Å². The molecule has 0 saturated heterocycles. The molecular weight excluding hydrogens is 200 g/mol. The lowest BCUT2D eigenvalue weighted by Crippen LogP contribution is -2.49. The Balaban J connectivity index is 2.33. The molecule has 2 fully saturated rings. The maximum atomic E-state index is 11.5. The van der Waals surface area contributed by atoms with Crippen molar-refractivity contribution >= 4 is 5.97 Å². The fourth-order valence-corrected chi connectivity index (χ4v) is 4.12. The predicted molar refractivity (Wildman–Crippen MR) is 64.2 cm³/mol. The maximum absolute atomic E-state index is 11.5. The van der Waals surface area contributed by atoms with E-state index in [0.29, 0.717) is 5.92 Å². The number of carboxylic acid groups (broad SMARTS) is 1. The van der Waals surface area contributed by atoms with Crippen molar-refractivity contribution in [2.75, 3.05) is 0 Å². The van der Waals surface area contributed by atoms with E-state index in [1.165, 1.54) is 12.0 Å². The Morgan fingerprint density at radius 2 is 2.12 bits per heavy atom. The van der Waals surface area contributed by atoms with Crippen LogP contribution in [0, 0.1) is 16.7 Å². The monoisotopic (exact) mass is 222 g/mol. The summed E-state index contributed by atoms with van der Waals surface area (Å²) in [5.41, 5.74) is 0.988. The summed E-state index contributed by atoms with van der Waals surface area (Å²) >= 11 is 0. The van der Waals surface area contributed by atoms with Crippen molar-refractivity contribution in [1.29, 1.82) is 0 Å². The average molecular weight is 222 g/mol. The van der Waals surface area contributed by atoms with E-state index >= 15 is 0 Å². The molecule has 0 aromatic rings. The second kappa shape index (κ2) is 3.61. The average Bonchev–Trinajstić information content (AvgIpc) is 2.15. The molecule has 16 heavy (non-hydrogen) atoms. The molecule has 0 bridgehead atoms. The Labute approximate surface area is 97.7 Å². The van der Waals surface area contributed by atoms with Gasteiger partial charge in [0.15, 0.2) is 0 Å². The van der Waals surface area contributed by atoms with Crippen molar-refractivity contribution in [3.8, 4) is 0 Å². The Bertz CT molecular complexity index is 334. The fourth-order valence-electron chi connectivity index (χ4n) is 4.12. The summed E-state index contributed by atoms with van der Waals surface area (Å²) in [4.78, 5) is 11.5. The molecule has 2 saturated carbocycles. The second-order valence-electron chi connectivity index (χ2n) is 6.25. The van der Waals surface area contributed by atoms with E-state index in [4.69, 9.17) is 0 Å². The zero-order valence-electron chi connectivity index (χ0n) is 10.4. The summed E-state index contributed by atoms with van der Waals surface area (Å²) < 4.78 is 0. The smallest absolute Gasteiger partial charge is 0.309 e. The lowest BCUT2D eigenvalue weighted by atomic mass is 9.50. The highest BCUT2D eigenvalue weighted by molar-refractivity contribution is 5.75. The second-order valence-corrected chi connectivity index (χ2v) is 6.25. The zero-order valence-corrected chi connectivity index (χ0v) is 10.4. The van der Waals surface area contributed by atoms with Gasteiger partial charge in [0.05, 0.1) is 5.41 Å². The number of aliphatic carboxylic acids is 1. The van der Waals surface area contributed by atoms with Gasteiger partial charge in [-0.05, 0) is 50.4 Å². The third kappa shape index (κ3) is 1.59. The van der Waals surface area contributed by atoms with Crippen LogP contribution in [-0.4, -0.2) is 11.1 Å². The van der Waals surface area contributed by atoms with Gasteiger partial charge in [0, 0.05) is 0 Å². The molecule has 0 aromatic heterocycles. The molecule has 0 amide bonds. The third-order valence-corrected chi connectivity index (χ3v) is 4.98. The number of allylic oxidation sites excluding steroid dienone is 1. The van der Waals surface area contributed by atoms with E-state index in [-0.39, 0.29) is 5.41 Å². The highest BCUT2D eigenvalue weighted by Gasteiger charge is 2.53. The van der Waals surface area contributed by atoms with Crippen LogP contribution in [0.2, 0.25) is 0 Å². The van der Waals surface area contributed by atoms with E-state index in [1.54, 1.807) is 0 Å². The van der Waals surface area contributed by atoms with Crippen LogP contribution in [0.5, 0.6) is 0 Å². The van der Waals surface area contributed by atoms with E-state index < -0.39 is 11.4 Å². The largest absolute Gasteiger partial charge is 0.481 e. The van der Waals surface area contributed by atoms with Crippen LogP contribution < -0.4 is 0 Å². The summed E-state index contributed by atoms with van der Waals surface area (Å²) in [5.74, 6) is -0.271. The third-order valence-electron chi connectivity index (χ3n) is 4.98. The topological polar surface area (TPSA) is 37.3 Å². The van der Waals surface area contributed by atoms with Gasteiger partial charge in [0.2, 0.25) is 0 Å². The minimum atomic E-state index is -0.601. The van der Waals surface area contributed by atoms with Crippen LogP contribution in [0.25, 0.3) is 0 Å². The number of fused-ring (bicyclic) bond motifs is 1. The van der Waals surface area contributed by atoms with E-state index in [9.17, 15) is 9.90 Å². The van der Waals surface area contributed by atoms with Gasteiger partial charge in [-0.25, -0.2) is 0 Å². The first-order valence-corrected chi connectivity index (χ1v) is 6.28. The standard InChI is InChI=1S/C14H22O2/c1-10-5-6-11-13(2,9-10)7-4-8-14(11,3)12(15)16/h11H,1,4-9H2,2-3H3,(H,15,16). The van der Waals surface area contributed by atoms with Gasteiger partial charge >= 0.3 is 5.97 Å². The lowest BCUT2D eigenvalue weighted by Gasteiger charge is -2.53. The number of hydrogen-bond acceptors (Lipinski definition) is 1. The highest BCUT2D eigenvalue weighted by atomic mass is 16.4. The van der Waals surface area contributed by atoms with Gasteiger partial charge in [-0.1, -0.05) is 25.5 Å². The van der Waals surface area contributed by atoms with Gasteiger partial charge in [0.1, 0.15) is 0 Å². The minimum Gasteiger partial charge on any atom is -0.481 e. The molecule has 0 spiro atoms. The molecule has 0 heterocycles. The van der Waals surface area contributed by atoms with Crippen LogP contribution in [0.15, 0.2) is 12.2 Å². The molecule has 2 rings (SSSR count). The Morgan fingerprint density at radius 1 is 1.44 bits per heavy atom. The quantitative estimate of drug-likeness (QED) is 0.688. The summed E-state index contributed by atoms with van der Waals surface area (Å²) in [5, 5.41) is 9.49. The lowest BCUT2D eigenvalue weighted by molar-refractivity contribution is -0.161. The zero-order chi connectivity index (χ0) is 12.0. The van der Waals surface area contributed by atoms with Crippen molar-refractivity contribution in [3.05, 3.63) is 12.2 Å². The Hall–Kier alpha value is -0.790. The molecular formula is C14H22O2. The fraction of sp³-hybridized carbons (Fsp3) is 0.786. The van der Waals surface area contributed by atoms with Gasteiger partial charge in [-0.2, -0.15) is 0 Å². The van der Waals surface area contributed by atoms with E-state index in [2.05, 4.69) is 13.5 Å². The summed E-state index contributed by atoms with van der Waals surface area (Å²) in [6.07, 6.45) is 6.11. The van der Waals surface area contributed by atoms with Crippen molar-refractivity contribution in [3.63, 3.8) is 0 Å². The first-order valence-electron chi connectivity index (χ1n) is 6.28. The highest BCUT2D eigenvalue weighted by Crippen LogP contribution is 2.58. The van der Waals surface area contributed by atoms with Crippen LogP contribution in [0.3, 0.4) is 0 Å². The van der Waals surface area contributed by atoms with E-state index in [1.807, 2.05) is 6.92 Å². The summed E-state index contributed by atoms with van der Waals surface area (Å²) in [6.45, 7) is 8.31. The summed E-state index contributed by atoms with van der Waals surface area (Å²) in [6, 6.07) is 0. The molecule has 2 heteroatoms. The van der Waals surface area contributed by atoms with Gasteiger partial charge in [-0.3, -0.25) is 4.79 Å². The van der Waals surface area contributed by atoms with Gasteiger partial charge in [-0.15, -0.1) is 0 Å². The molecule has 2 nitrogen and oxygen atoms in total. The van der Waals surface area contributed by atoms with Crippen LogP contribution >= 0.6 is 0 Å². The number of hydrogen-bond donors (Lipinski definition) is 1. The van der Waals surface area contributed by atoms with E-state index in [0.717, 1.165) is 32.1 Å². The molecule has 0 aromatic carbocycles. The van der Waals surface area contributed by atoms with Crippen molar-refractivity contribution in [2.45, 2.75) is 52.4 Å². The predicted octanol–water partition coefficient (Wildman–Crippen LogP) is 3.62. The molecule has 0 aliphatic heterocycles. The molecule has 1 N–H and O–H groups in total. The molecule has 90 valence electrons. The summed E-state index contributed by atoms with van der Waals surface area (Å²) in [7, 11) is 0. The van der Waals surface area contributed by atoms with Crippen molar-refractivity contribution < 1.29 is 9.90 Å². The van der Waals surface area contributed by atoms with Crippen molar-refractivity contribution in [2.24, 2.45) is 16.7 Å². The van der Waals surface area contributed by atoms with Crippen molar-refractivity contribution in [1.82, 2.24) is 0 Å². The molecule has 0 radical (unpaired) electrons. The number of carboxylic acids is 1. The Kier molecular flexibility index (Phi) is 2.64. The van der Waals surface area contributed by atoms with Crippen LogP contribution in [0.4, 0.5) is 0 Å². The van der Waals surface area contributed by atoms with Crippen LogP contribution in [0.1, 0.15) is 52.4 Å².